The molecule has 98 valence electrons. The van der Waals surface area contributed by atoms with Crippen molar-refractivity contribution in [1.29, 1.82) is 0 Å². The summed E-state index contributed by atoms with van der Waals surface area (Å²) in [5.41, 5.74) is 0. The Morgan fingerprint density at radius 2 is 1.94 bits per heavy atom. The van der Waals surface area contributed by atoms with Crippen molar-refractivity contribution in [2.75, 3.05) is 19.6 Å². The maximum Gasteiger partial charge on any atom is 0.327 e. The number of carbonyl (C=O) groups is 2. The van der Waals surface area contributed by atoms with Crippen LogP contribution < -0.4 is 5.32 Å². The average molecular weight is 260 g/mol. The van der Waals surface area contributed by atoms with Gasteiger partial charge in [-0.25, -0.2) is 4.79 Å². The van der Waals surface area contributed by atoms with Crippen LogP contribution in [0.2, 0.25) is 0 Å². The third kappa shape index (κ3) is 4.95. The van der Waals surface area contributed by atoms with E-state index in [1.54, 1.807) is 0 Å². The Kier molecular flexibility index (Phi) is 5.27. The van der Waals surface area contributed by atoms with E-state index in [-0.39, 0.29) is 5.91 Å². The van der Waals surface area contributed by atoms with Crippen LogP contribution in [0.5, 0.6) is 0 Å². The Balaban J connectivity index is 2.54. The van der Waals surface area contributed by atoms with Crippen LogP contribution in [-0.4, -0.2) is 58.1 Å². The number of rotatable bonds is 4. The Hall–Kier alpha value is -0.750. The minimum absolute atomic E-state index is 0.301. The lowest BCUT2D eigenvalue weighted by Crippen LogP contribution is -2.51. The third-order valence-electron chi connectivity index (χ3n) is 2.61. The van der Waals surface area contributed by atoms with Gasteiger partial charge in [-0.05, 0) is 0 Å². The first-order valence-corrected chi connectivity index (χ1v) is 6.70. The van der Waals surface area contributed by atoms with Gasteiger partial charge >= 0.3 is 5.97 Å². The summed E-state index contributed by atoms with van der Waals surface area (Å²) in [4.78, 5) is 24.1. The number of carboxylic acids is 1. The maximum absolute atomic E-state index is 11.0. The minimum Gasteiger partial charge on any atom is -0.480 e. The largest absolute Gasteiger partial charge is 0.480 e. The van der Waals surface area contributed by atoms with Crippen LogP contribution in [0, 0.1) is 0 Å². The monoisotopic (exact) mass is 260 g/mol. The zero-order chi connectivity index (χ0) is 13.0. The van der Waals surface area contributed by atoms with E-state index in [4.69, 9.17) is 5.11 Å². The molecule has 0 aromatic heterocycles. The van der Waals surface area contributed by atoms with E-state index in [1.165, 1.54) is 6.92 Å². The minimum atomic E-state index is -0.973. The van der Waals surface area contributed by atoms with Crippen molar-refractivity contribution in [2.24, 2.45) is 0 Å². The molecule has 5 nitrogen and oxygen atoms in total. The van der Waals surface area contributed by atoms with Gasteiger partial charge < -0.3 is 10.4 Å². The van der Waals surface area contributed by atoms with Gasteiger partial charge in [0, 0.05) is 37.1 Å². The zero-order valence-corrected chi connectivity index (χ0v) is 11.3. The van der Waals surface area contributed by atoms with Crippen molar-refractivity contribution in [3.63, 3.8) is 0 Å². The molecule has 0 spiro atoms. The van der Waals surface area contributed by atoms with Gasteiger partial charge in [0.1, 0.15) is 6.04 Å². The average Bonchev–Trinajstić information content (AvgIpc) is 2.13. The molecular weight excluding hydrogens is 240 g/mol. The molecule has 1 fully saturated rings. The van der Waals surface area contributed by atoms with Crippen LogP contribution in [0.3, 0.4) is 0 Å². The van der Waals surface area contributed by atoms with Gasteiger partial charge in [-0.15, -0.1) is 0 Å². The summed E-state index contributed by atoms with van der Waals surface area (Å²) in [5.74, 6) is -1.27. The number of hydrogen-bond acceptors (Lipinski definition) is 4. The van der Waals surface area contributed by atoms with Gasteiger partial charge in [-0.2, -0.15) is 11.8 Å². The molecule has 2 N–H and O–H groups in total. The van der Waals surface area contributed by atoms with E-state index in [9.17, 15) is 9.59 Å². The summed E-state index contributed by atoms with van der Waals surface area (Å²) in [7, 11) is 0. The Morgan fingerprint density at radius 3 is 2.35 bits per heavy atom. The second-order valence-corrected chi connectivity index (χ2v) is 6.45. The van der Waals surface area contributed by atoms with Crippen molar-refractivity contribution in [1.82, 2.24) is 10.2 Å². The number of nitrogens with zero attached hydrogens (tertiary/aromatic N) is 1. The molecule has 6 heteroatoms. The highest BCUT2D eigenvalue weighted by atomic mass is 32.2. The lowest BCUT2D eigenvalue weighted by Gasteiger charge is -2.35. The summed E-state index contributed by atoms with van der Waals surface area (Å²) in [6, 6.07) is -0.810. The second kappa shape index (κ2) is 6.26. The molecule has 1 heterocycles. The normalized spacial score (nSPS) is 27.5. The fraction of sp³-hybridized carbons (Fsp3) is 0.818. The van der Waals surface area contributed by atoms with E-state index in [1.807, 2.05) is 11.8 Å². The second-order valence-electron chi connectivity index (χ2n) is 4.57. The molecular formula is C11H20N2O3S. The highest BCUT2D eigenvalue weighted by Gasteiger charge is 2.27. The highest BCUT2D eigenvalue weighted by Crippen LogP contribution is 2.24. The van der Waals surface area contributed by atoms with Crippen molar-refractivity contribution < 1.29 is 14.7 Å². The molecule has 1 rings (SSSR count). The summed E-state index contributed by atoms with van der Waals surface area (Å²) in [6.45, 7) is 7.75. The first-order valence-electron chi connectivity index (χ1n) is 5.76. The molecule has 0 aromatic carbocycles. The Bertz CT molecular complexity index is 288. The predicted molar refractivity (Wildman–Crippen MR) is 68.2 cm³/mol. The topological polar surface area (TPSA) is 69.6 Å². The first-order chi connectivity index (χ1) is 7.88. The van der Waals surface area contributed by atoms with Crippen LogP contribution in [0.1, 0.15) is 20.8 Å². The highest BCUT2D eigenvalue weighted by molar-refractivity contribution is 8.00. The number of carboxylic acid groups (broad SMARTS) is 1. The lowest BCUT2D eigenvalue weighted by atomic mass is 10.2. The molecule has 0 bridgehead atoms. The molecule has 0 aromatic rings. The third-order valence-corrected chi connectivity index (χ3v) is 3.84. The van der Waals surface area contributed by atoms with E-state index in [2.05, 4.69) is 24.1 Å². The van der Waals surface area contributed by atoms with E-state index >= 15 is 0 Å². The van der Waals surface area contributed by atoms with E-state index in [0.717, 1.165) is 13.1 Å². The quantitative estimate of drug-likeness (QED) is 0.766. The Morgan fingerprint density at radius 1 is 1.41 bits per heavy atom. The van der Waals surface area contributed by atoms with Crippen molar-refractivity contribution in [2.45, 2.75) is 37.3 Å². The smallest absolute Gasteiger partial charge is 0.327 e. The Labute approximate surface area is 106 Å². The molecule has 0 radical (unpaired) electrons. The fourth-order valence-corrected chi connectivity index (χ4v) is 3.51. The van der Waals surface area contributed by atoms with Crippen LogP contribution in [0.25, 0.3) is 0 Å². The molecule has 17 heavy (non-hydrogen) atoms. The number of nitrogens with one attached hydrogen (secondary N) is 1. The van der Waals surface area contributed by atoms with Gasteiger partial charge in [0.2, 0.25) is 5.91 Å². The van der Waals surface area contributed by atoms with E-state index < -0.39 is 12.0 Å². The fourth-order valence-electron chi connectivity index (χ4n) is 2.12. The van der Waals surface area contributed by atoms with Gasteiger partial charge in [-0.1, -0.05) is 13.8 Å². The summed E-state index contributed by atoms with van der Waals surface area (Å²) >= 11 is 1.92. The molecule has 1 aliphatic rings. The number of hydrogen-bond donors (Lipinski definition) is 2. The summed E-state index contributed by atoms with van der Waals surface area (Å²) in [5, 5.41) is 12.5. The summed E-state index contributed by atoms with van der Waals surface area (Å²) < 4.78 is 0. The zero-order valence-electron chi connectivity index (χ0n) is 10.5. The maximum atomic E-state index is 11.0. The van der Waals surface area contributed by atoms with Crippen molar-refractivity contribution >= 4 is 23.6 Å². The molecule has 1 amide bonds. The van der Waals surface area contributed by atoms with Gasteiger partial charge in [0.05, 0.1) is 0 Å². The van der Waals surface area contributed by atoms with Crippen LogP contribution in [0.15, 0.2) is 0 Å². The van der Waals surface area contributed by atoms with Crippen LogP contribution in [-0.2, 0) is 9.59 Å². The van der Waals surface area contributed by atoms with Crippen LogP contribution >= 0.6 is 11.8 Å². The van der Waals surface area contributed by atoms with Crippen LogP contribution in [0.4, 0.5) is 0 Å². The molecule has 1 aliphatic heterocycles. The number of carbonyl (C=O) groups excluding carboxylic acids is 1. The van der Waals surface area contributed by atoms with Crippen molar-refractivity contribution in [3.05, 3.63) is 0 Å². The molecule has 0 aliphatic carbocycles. The van der Waals surface area contributed by atoms with Gasteiger partial charge in [-0.3, -0.25) is 9.69 Å². The summed E-state index contributed by atoms with van der Waals surface area (Å²) in [6.07, 6.45) is 0. The molecule has 3 atom stereocenters. The van der Waals surface area contributed by atoms with Gasteiger partial charge in [0.25, 0.3) is 0 Å². The first kappa shape index (κ1) is 14.3. The predicted octanol–water partition coefficient (Wildman–Crippen LogP) is 0.402. The van der Waals surface area contributed by atoms with Crippen molar-refractivity contribution in [3.8, 4) is 0 Å². The molecule has 1 saturated heterocycles. The SMILES string of the molecule is CC(=O)NC(CN1CC(C)SC(C)C1)C(=O)O. The van der Waals surface area contributed by atoms with Gasteiger partial charge in [0.15, 0.2) is 0 Å². The van der Waals surface area contributed by atoms with E-state index in [0.29, 0.717) is 17.0 Å². The number of amides is 1. The lowest BCUT2D eigenvalue weighted by molar-refractivity contribution is -0.142. The number of aliphatic carboxylic acids is 1. The number of thioether (sulfide) groups is 1. The molecule has 3 unspecified atom stereocenters. The standard InChI is InChI=1S/C11H20N2O3S/c1-7-4-13(5-8(2)17-7)6-10(11(15)16)12-9(3)14/h7-8,10H,4-6H2,1-3H3,(H,12,14)(H,15,16). The molecule has 0 saturated carbocycles.